The molecular weight excluding hydrogens is 279 g/mol. The molecule has 1 rings (SSSR count). The molecule has 106 valence electrons. The Morgan fingerprint density at radius 2 is 1.89 bits per heavy atom. The number of benzene rings is 1. The quantitative estimate of drug-likeness (QED) is 0.578. The van der Waals surface area contributed by atoms with Crippen LogP contribution in [0.4, 0.5) is 0 Å². The third-order valence-electron chi connectivity index (χ3n) is 2.18. The molecule has 1 aromatic carbocycles. The maximum absolute atomic E-state index is 11.7. The topological polar surface area (TPSA) is 35.5 Å². The minimum Gasteiger partial charge on any atom is -0.448 e. The van der Waals surface area contributed by atoms with Gasteiger partial charge in [0, 0.05) is 17.8 Å². The van der Waals surface area contributed by atoms with Gasteiger partial charge in [0.15, 0.2) is 5.12 Å². The van der Waals surface area contributed by atoms with Crippen LogP contribution < -0.4 is 4.52 Å². The van der Waals surface area contributed by atoms with Crippen LogP contribution in [0.25, 0.3) is 0 Å². The number of carbonyl (C=O) groups excluding carboxylic acids is 1. The molecule has 0 aliphatic rings. The van der Waals surface area contributed by atoms with Crippen LogP contribution in [0, 0.1) is 5.41 Å². The molecule has 0 aliphatic carbocycles. The molecule has 1 atom stereocenters. The molecule has 5 heteroatoms. The number of carbonyl (C=O) groups is 1. The second-order valence-electron chi connectivity index (χ2n) is 5.06. The van der Waals surface area contributed by atoms with E-state index in [1.165, 1.54) is 11.8 Å². The summed E-state index contributed by atoms with van der Waals surface area (Å²) in [5.74, 6) is 1.48. The van der Waals surface area contributed by atoms with E-state index in [2.05, 4.69) is 0 Å². The lowest BCUT2D eigenvalue weighted by Crippen LogP contribution is -2.17. The third kappa shape index (κ3) is 6.95. The predicted octanol–water partition coefficient (Wildman–Crippen LogP) is 4.33. The van der Waals surface area contributed by atoms with Gasteiger partial charge in [0.1, 0.15) is 5.75 Å². The smallest absolute Gasteiger partial charge is 0.226 e. The van der Waals surface area contributed by atoms with Crippen molar-refractivity contribution in [2.45, 2.75) is 20.8 Å². The normalized spacial score (nSPS) is 13.1. The summed E-state index contributed by atoms with van der Waals surface area (Å²) in [6.07, 6.45) is 0. The molecule has 0 aliphatic heterocycles. The minimum atomic E-state index is -0.940. The highest BCUT2D eigenvalue weighted by atomic mass is 32.2. The standard InChI is InChI=1S/C14H21O3PS/c1-14(2,3)13(15)19-11-10-16-18(4)17-12-8-6-5-7-9-12/h5-9H,10-11H2,1-4H3. The number of hydrogen-bond donors (Lipinski definition) is 0. The van der Waals surface area contributed by atoms with Gasteiger partial charge in [-0.15, -0.1) is 0 Å². The molecule has 1 unspecified atom stereocenters. The van der Waals surface area contributed by atoms with E-state index in [1.54, 1.807) is 0 Å². The van der Waals surface area contributed by atoms with Crippen LogP contribution in [-0.4, -0.2) is 24.1 Å². The molecule has 0 N–H and O–H groups in total. The van der Waals surface area contributed by atoms with Gasteiger partial charge in [-0.2, -0.15) is 0 Å². The summed E-state index contributed by atoms with van der Waals surface area (Å²) >= 11 is 1.32. The second kappa shape index (κ2) is 7.88. The van der Waals surface area contributed by atoms with Gasteiger partial charge >= 0.3 is 0 Å². The van der Waals surface area contributed by atoms with Gasteiger partial charge < -0.3 is 9.05 Å². The molecule has 0 aromatic heterocycles. The SMILES string of the molecule is CP(OCCSC(=O)C(C)(C)C)Oc1ccccc1. The molecule has 0 heterocycles. The number of hydrogen-bond acceptors (Lipinski definition) is 4. The number of thioether (sulfide) groups is 1. The van der Waals surface area contributed by atoms with Gasteiger partial charge in [0.05, 0.1) is 6.61 Å². The molecule has 0 spiro atoms. The summed E-state index contributed by atoms with van der Waals surface area (Å²) in [6, 6.07) is 9.60. The molecule has 0 fully saturated rings. The van der Waals surface area contributed by atoms with Gasteiger partial charge in [0.2, 0.25) is 8.38 Å². The molecule has 19 heavy (non-hydrogen) atoms. The Kier molecular flexibility index (Phi) is 6.84. The Morgan fingerprint density at radius 1 is 1.26 bits per heavy atom. The van der Waals surface area contributed by atoms with E-state index in [9.17, 15) is 4.79 Å². The lowest BCUT2D eigenvalue weighted by atomic mass is 10.00. The van der Waals surface area contributed by atoms with Crippen molar-refractivity contribution in [3.63, 3.8) is 0 Å². The molecule has 1 aromatic rings. The van der Waals surface area contributed by atoms with Crippen molar-refractivity contribution >= 4 is 25.3 Å². The van der Waals surface area contributed by atoms with E-state index >= 15 is 0 Å². The van der Waals surface area contributed by atoms with Crippen molar-refractivity contribution < 1.29 is 13.8 Å². The first-order chi connectivity index (χ1) is 8.89. The van der Waals surface area contributed by atoms with Crippen LogP contribution in [-0.2, 0) is 9.32 Å². The Labute approximate surface area is 121 Å². The maximum atomic E-state index is 11.7. The minimum absolute atomic E-state index is 0.195. The second-order valence-corrected chi connectivity index (χ2v) is 7.45. The molecule has 0 saturated carbocycles. The highest BCUT2D eigenvalue weighted by Gasteiger charge is 2.21. The van der Waals surface area contributed by atoms with Crippen LogP contribution in [0.1, 0.15) is 20.8 Å². The molecular formula is C14H21O3PS. The first-order valence-corrected chi connectivity index (χ1v) is 8.77. The average molecular weight is 300 g/mol. The monoisotopic (exact) mass is 300 g/mol. The lowest BCUT2D eigenvalue weighted by Gasteiger charge is -2.16. The van der Waals surface area contributed by atoms with E-state index in [0.717, 1.165) is 5.75 Å². The fourth-order valence-corrected chi connectivity index (χ4v) is 2.90. The largest absolute Gasteiger partial charge is 0.448 e. The van der Waals surface area contributed by atoms with Crippen LogP contribution in [0.5, 0.6) is 5.75 Å². The molecule has 0 saturated heterocycles. The zero-order valence-corrected chi connectivity index (χ0v) is 13.6. The van der Waals surface area contributed by atoms with E-state index in [4.69, 9.17) is 9.05 Å². The molecule has 0 bridgehead atoms. The maximum Gasteiger partial charge on any atom is 0.226 e. The Bertz CT molecular complexity index is 389. The van der Waals surface area contributed by atoms with E-state index in [0.29, 0.717) is 12.4 Å². The Hall–Kier alpha value is -0.570. The highest BCUT2D eigenvalue weighted by Crippen LogP contribution is 2.35. The zero-order chi connectivity index (χ0) is 14.3. The fourth-order valence-electron chi connectivity index (χ4n) is 1.17. The molecule has 0 amide bonds. The van der Waals surface area contributed by atoms with Gasteiger partial charge in [0.25, 0.3) is 0 Å². The van der Waals surface area contributed by atoms with Gasteiger partial charge in [-0.1, -0.05) is 50.7 Å². The lowest BCUT2D eigenvalue weighted by molar-refractivity contribution is -0.117. The Balaban J connectivity index is 2.18. The zero-order valence-electron chi connectivity index (χ0n) is 11.9. The summed E-state index contributed by atoms with van der Waals surface area (Å²) in [5.41, 5.74) is -0.290. The predicted molar refractivity (Wildman–Crippen MR) is 82.8 cm³/mol. The fraction of sp³-hybridized carbons (Fsp3) is 0.500. The van der Waals surface area contributed by atoms with Crippen molar-refractivity contribution in [2.24, 2.45) is 5.41 Å². The Morgan fingerprint density at radius 3 is 2.47 bits per heavy atom. The van der Waals surface area contributed by atoms with E-state index in [-0.39, 0.29) is 10.5 Å². The van der Waals surface area contributed by atoms with Crippen LogP contribution in [0.2, 0.25) is 0 Å². The van der Waals surface area contributed by atoms with Crippen LogP contribution in [0.3, 0.4) is 0 Å². The first kappa shape index (κ1) is 16.5. The summed E-state index contributed by atoms with van der Waals surface area (Å²) in [7, 11) is -0.940. The number of rotatable bonds is 6. The first-order valence-electron chi connectivity index (χ1n) is 6.16. The summed E-state index contributed by atoms with van der Waals surface area (Å²) < 4.78 is 11.2. The van der Waals surface area contributed by atoms with Crippen molar-refractivity contribution in [1.29, 1.82) is 0 Å². The third-order valence-corrected chi connectivity index (χ3v) is 4.44. The van der Waals surface area contributed by atoms with Gasteiger partial charge in [-0.25, -0.2) is 0 Å². The summed E-state index contributed by atoms with van der Waals surface area (Å²) in [6.45, 7) is 8.22. The molecule has 0 radical (unpaired) electrons. The van der Waals surface area contributed by atoms with Crippen LogP contribution in [0.15, 0.2) is 30.3 Å². The van der Waals surface area contributed by atoms with Crippen molar-refractivity contribution in [3.8, 4) is 5.75 Å². The molecule has 3 nitrogen and oxygen atoms in total. The van der Waals surface area contributed by atoms with Gasteiger partial charge in [-0.05, 0) is 12.1 Å². The summed E-state index contributed by atoms with van der Waals surface area (Å²) in [4.78, 5) is 11.7. The van der Waals surface area contributed by atoms with Crippen molar-refractivity contribution in [1.82, 2.24) is 0 Å². The highest BCUT2D eigenvalue weighted by molar-refractivity contribution is 8.13. The summed E-state index contributed by atoms with van der Waals surface area (Å²) in [5, 5.41) is 0.195. The van der Waals surface area contributed by atoms with Crippen LogP contribution >= 0.6 is 20.1 Å². The van der Waals surface area contributed by atoms with E-state index < -0.39 is 8.38 Å². The average Bonchev–Trinajstić information content (AvgIpc) is 2.34. The van der Waals surface area contributed by atoms with Gasteiger partial charge in [-0.3, -0.25) is 4.79 Å². The van der Waals surface area contributed by atoms with Crippen molar-refractivity contribution in [3.05, 3.63) is 30.3 Å². The van der Waals surface area contributed by atoms with E-state index in [1.807, 2.05) is 57.8 Å². The van der Waals surface area contributed by atoms with Crippen molar-refractivity contribution in [2.75, 3.05) is 19.0 Å². The number of para-hydroxylation sites is 1.